The summed E-state index contributed by atoms with van der Waals surface area (Å²) in [5.41, 5.74) is 1.02. The van der Waals surface area contributed by atoms with Crippen LogP contribution in [0.4, 0.5) is 5.69 Å². The van der Waals surface area contributed by atoms with Gasteiger partial charge in [0.05, 0.1) is 11.0 Å². The van der Waals surface area contributed by atoms with Gasteiger partial charge in [-0.3, -0.25) is 10.1 Å². The highest BCUT2D eigenvalue weighted by Crippen LogP contribution is 2.22. The minimum atomic E-state index is -0.311. The van der Waals surface area contributed by atoms with E-state index < -0.39 is 0 Å². The summed E-state index contributed by atoms with van der Waals surface area (Å²) in [7, 11) is 0. The highest BCUT2D eigenvalue weighted by Gasteiger charge is 2.22. The van der Waals surface area contributed by atoms with Crippen LogP contribution < -0.4 is 0 Å². The lowest BCUT2D eigenvalue weighted by Crippen LogP contribution is -2.38. The molecule has 1 aliphatic heterocycles. The van der Waals surface area contributed by atoms with E-state index in [1.165, 1.54) is 0 Å². The van der Waals surface area contributed by atoms with Crippen LogP contribution in [0.15, 0.2) is 24.3 Å². The number of hydrogen-bond acceptors (Lipinski definition) is 4. The number of aliphatic hydroxyl groups is 1. The molecule has 1 fully saturated rings. The number of aliphatic hydroxyl groups excluding tert-OH is 1. The summed E-state index contributed by atoms with van der Waals surface area (Å²) in [5, 5.41) is 20.5. The molecule has 1 aliphatic rings. The quantitative estimate of drug-likeness (QED) is 0.662. The molecule has 5 nitrogen and oxygen atoms in total. The van der Waals surface area contributed by atoms with Crippen LogP contribution in [0.3, 0.4) is 0 Å². The van der Waals surface area contributed by atoms with Crippen molar-refractivity contribution in [2.45, 2.75) is 32.3 Å². The Bertz CT molecular complexity index is 454. The van der Waals surface area contributed by atoms with Crippen molar-refractivity contribution in [1.29, 1.82) is 0 Å². The first-order valence-electron chi connectivity index (χ1n) is 7.20. The maximum Gasteiger partial charge on any atom is 0.272 e. The zero-order chi connectivity index (χ0) is 14.5. The monoisotopic (exact) mass is 278 g/mol. The van der Waals surface area contributed by atoms with Crippen LogP contribution >= 0.6 is 0 Å². The van der Waals surface area contributed by atoms with Gasteiger partial charge in [-0.15, -0.1) is 0 Å². The van der Waals surface area contributed by atoms with E-state index in [1.54, 1.807) is 12.1 Å². The van der Waals surface area contributed by atoms with E-state index in [2.05, 4.69) is 4.90 Å². The molecule has 2 rings (SSSR count). The second-order valence-corrected chi connectivity index (χ2v) is 5.56. The van der Waals surface area contributed by atoms with Gasteiger partial charge in [0, 0.05) is 18.2 Å². The lowest BCUT2D eigenvalue weighted by atomic mass is 9.92. The predicted octanol–water partition coefficient (Wildman–Crippen LogP) is 2.23. The molecule has 0 saturated carbocycles. The number of nitro benzene ring substituents is 1. The van der Waals surface area contributed by atoms with E-state index >= 15 is 0 Å². The summed E-state index contributed by atoms with van der Waals surface area (Å²) in [6.07, 6.45) is 2.49. The van der Waals surface area contributed by atoms with Crippen molar-refractivity contribution in [3.63, 3.8) is 0 Å². The van der Waals surface area contributed by atoms with Crippen molar-refractivity contribution in [1.82, 2.24) is 4.90 Å². The second-order valence-electron chi connectivity index (χ2n) is 5.56. The minimum Gasteiger partial charge on any atom is -0.393 e. The average Bonchev–Trinajstić information content (AvgIpc) is 2.45. The average molecular weight is 278 g/mol. The maximum absolute atomic E-state index is 11.0. The van der Waals surface area contributed by atoms with Crippen LogP contribution in [0.25, 0.3) is 0 Å². The van der Waals surface area contributed by atoms with Crippen LogP contribution in [-0.4, -0.2) is 40.7 Å². The first-order chi connectivity index (χ1) is 9.58. The molecule has 1 N–H and O–H groups in total. The number of rotatable bonds is 5. The molecule has 1 aromatic rings. The molecule has 1 aromatic carbocycles. The molecule has 110 valence electrons. The van der Waals surface area contributed by atoms with Gasteiger partial charge in [0.2, 0.25) is 0 Å². The molecule has 1 saturated heterocycles. The molecule has 0 aromatic heterocycles. The summed E-state index contributed by atoms with van der Waals surface area (Å²) in [4.78, 5) is 13.0. The standard InChI is InChI=1S/C15H22N2O3/c1-12(18)13-6-9-16(10-7-13)11-8-14-4-2-3-5-15(14)17(19)20/h2-5,12-13,18H,6-11H2,1H3. The smallest absolute Gasteiger partial charge is 0.272 e. The van der Waals surface area contributed by atoms with Crippen LogP contribution in [-0.2, 0) is 6.42 Å². The lowest BCUT2D eigenvalue weighted by molar-refractivity contribution is -0.385. The summed E-state index contributed by atoms with van der Waals surface area (Å²) < 4.78 is 0. The highest BCUT2D eigenvalue weighted by atomic mass is 16.6. The second kappa shape index (κ2) is 6.81. The Morgan fingerprint density at radius 3 is 2.65 bits per heavy atom. The van der Waals surface area contributed by atoms with Gasteiger partial charge in [-0.25, -0.2) is 0 Å². The van der Waals surface area contributed by atoms with E-state index in [1.807, 2.05) is 19.1 Å². The van der Waals surface area contributed by atoms with E-state index in [0.29, 0.717) is 12.3 Å². The summed E-state index contributed by atoms with van der Waals surface area (Å²) in [5.74, 6) is 0.400. The van der Waals surface area contributed by atoms with Crippen molar-refractivity contribution in [2.24, 2.45) is 5.92 Å². The molecule has 1 unspecified atom stereocenters. The molecule has 5 heteroatoms. The largest absolute Gasteiger partial charge is 0.393 e. The molecule has 1 heterocycles. The topological polar surface area (TPSA) is 66.6 Å². The van der Waals surface area contributed by atoms with Gasteiger partial charge < -0.3 is 10.0 Å². The van der Waals surface area contributed by atoms with Crippen LogP contribution in [0, 0.1) is 16.0 Å². The minimum absolute atomic E-state index is 0.214. The zero-order valence-electron chi connectivity index (χ0n) is 11.9. The van der Waals surface area contributed by atoms with Crippen molar-refractivity contribution >= 4 is 5.69 Å². The SMILES string of the molecule is CC(O)C1CCN(CCc2ccccc2[N+](=O)[O-])CC1. The van der Waals surface area contributed by atoms with E-state index in [-0.39, 0.29) is 16.7 Å². The predicted molar refractivity (Wildman–Crippen MR) is 77.6 cm³/mol. The summed E-state index contributed by atoms with van der Waals surface area (Å²) in [6, 6.07) is 6.95. The van der Waals surface area contributed by atoms with E-state index in [0.717, 1.165) is 38.0 Å². The molecule has 1 atom stereocenters. The summed E-state index contributed by atoms with van der Waals surface area (Å²) in [6.45, 7) is 4.64. The molecular weight excluding hydrogens is 256 g/mol. The van der Waals surface area contributed by atoms with E-state index in [4.69, 9.17) is 0 Å². The van der Waals surface area contributed by atoms with Crippen molar-refractivity contribution in [2.75, 3.05) is 19.6 Å². The third-order valence-corrected chi connectivity index (χ3v) is 4.20. The van der Waals surface area contributed by atoms with Gasteiger partial charge in [0.25, 0.3) is 5.69 Å². The third kappa shape index (κ3) is 3.77. The fourth-order valence-corrected chi connectivity index (χ4v) is 2.84. The summed E-state index contributed by atoms with van der Waals surface area (Å²) >= 11 is 0. The molecule has 20 heavy (non-hydrogen) atoms. The van der Waals surface area contributed by atoms with Crippen LogP contribution in [0.5, 0.6) is 0 Å². The molecule has 0 amide bonds. The number of likely N-dealkylation sites (tertiary alicyclic amines) is 1. The van der Waals surface area contributed by atoms with Crippen LogP contribution in [0.1, 0.15) is 25.3 Å². The van der Waals surface area contributed by atoms with E-state index in [9.17, 15) is 15.2 Å². The maximum atomic E-state index is 11.0. The molecule has 0 bridgehead atoms. The number of hydrogen-bond donors (Lipinski definition) is 1. The highest BCUT2D eigenvalue weighted by molar-refractivity contribution is 5.39. The van der Waals surface area contributed by atoms with Crippen LogP contribution in [0.2, 0.25) is 0 Å². The first-order valence-corrected chi connectivity index (χ1v) is 7.20. The Morgan fingerprint density at radius 2 is 2.05 bits per heavy atom. The van der Waals surface area contributed by atoms with Crippen molar-refractivity contribution in [3.8, 4) is 0 Å². The number of nitrogens with zero attached hydrogens (tertiary/aromatic N) is 2. The number of piperidine rings is 1. The third-order valence-electron chi connectivity index (χ3n) is 4.20. The molecule has 0 spiro atoms. The lowest BCUT2D eigenvalue weighted by Gasteiger charge is -2.33. The Balaban J connectivity index is 1.86. The number of nitro groups is 1. The van der Waals surface area contributed by atoms with Crippen molar-refractivity contribution in [3.05, 3.63) is 39.9 Å². The van der Waals surface area contributed by atoms with Gasteiger partial charge in [-0.05, 0) is 45.2 Å². The Hall–Kier alpha value is -1.46. The Morgan fingerprint density at radius 1 is 1.40 bits per heavy atom. The van der Waals surface area contributed by atoms with Gasteiger partial charge in [0.1, 0.15) is 0 Å². The fourth-order valence-electron chi connectivity index (χ4n) is 2.84. The molecule has 0 aliphatic carbocycles. The zero-order valence-corrected chi connectivity index (χ0v) is 11.9. The van der Waals surface area contributed by atoms with Gasteiger partial charge in [-0.2, -0.15) is 0 Å². The molecule has 0 radical (unpaired) electrons. The fraction of sp³-hybridized carbons (Fsp3) is 0.600. The molecular formula is C15H22N2O3. The number of para-hydroxylation sites is 1. The van der Waals surface area contributed by atoms with Gasteiger partial charge in [0.15, 0.2) is 0 Å². The number of benzene rings is 1. The Labute approximate surface area is 119 Å². The van der Waals surface area contributed by atoms with Gasteiger partial charge in [-0.1, -0.05) is 18.2 Å². The normalized spacial score (nSPS) is 18.9. The Kier molecular flexibility index (Phi) is 5.09. The first kappa shape index (κ1) is 14.9. The van der Waals surface area contributed by atoms with Gasteiger partial charge >= 0.3 is 0 Å². The van der Waals surface area contributed by atoms with Crippen molar-refractivity contribution < 1.29 is 10.0 Å².